The van der Waals surface area contributed by atoms with Gasteiger partial charge in [-0.25, -0.2) is 8.42 Å². The summed E-state index contributed by atoms with van der Waals surface area (Å²) in [5, 5.41) is 3.41. The van der Waals surface area contributed by atoms with E-state index in [0.717, 1.165) is 4.31 Å². The maximum Gasteiger partial charge on any atom is 0.243 e. The van der Waals surface area contributed by atoms with E-state index >= 15 is 0 Å². The molecule has 10 heteroatoms. The third-order valence-electron chi connectivity index (χ3n) is 4.81. The van der Waals surface area contributed by atoms with Crippen molar-refractivity contribution in [3.63, 3.8) is 0 Å². The zero-order valence-corrected chi connectivity index (χ0v) is 19.8. The minimum absolute atomic E-state index is 0.0168. The van der Waals surface area contributed by atoms with Crippen molar-refractivity contribution in [2.75, 3.05) is 20.6 Å². The number of nitrogens with zero attached hydrogens (tertiary/aromatic N) is 2. The van der Waals surface area contributed by atoms with Crippen molar-refractivity contribution < 1.29 is 18.0 Å². The van der Waals surface area contributed by atoms with Gasteiger partial charge in [0.2, 0.25) is 21.8 Å². The molecule has 0 aliphatic heterocycles. The van der Waals surface area contributed by atoms with Crippen molar-refractivity contribution >= 4 is 45.0 Å². The van der Waals surface area contributed by atoms with Crippen molar-refractivity contribution in [3.8, 4) is 0 Å². The number of hydrogen-bond donors (Lipinski definition) is 1. The molecule has 0 bridgehead atoms. The molecule has 2 aromatic rings. The summed E-state index contributed by atoms with van der Waals surface area (Å²) in [4.78, 5) is 27.0. The van der Waals surface area contributed by atoms with Gasteiger partial charge in [0.05, 0.1) is 11.4 Å². The maximum absolute atomic E-state index is 13.2. The van der Waals surface area contributed by atoms with Gasteiger partial charge in [-0.1, -0.05) is 48.3 Å². The van der Waals surface area contributed by atoms with Crippen molar-refractivity contribution in [3.05, 3.63) is 64.1 Å². The minimum Gasteiger partial charge on any atom is -0.357 e. The third-order valence-corrected chi connectivity index (χ3v) is 7.25. The van der Waals surface area contributed by atoms with E-state index in [0.29, 0.717) is 22.0 Å². The van der Waals surface area contributed by atoms with Gasteiger partial charge in [-0.15, -0.1) is 0 Å². The summed E-state index contributed by atoms with van der Waals surface area (Å²) in [6, 6.07) is 11.9. The predicted octanol–water partition coefficient (Wildman–Crippen LogP) is 3.17. The van der Waals surface area contributed by atoms with Crippen molar-refractivity contribution in [2.24, 2.45) is 0 Å². The lowest BCUT2D eigenvalue weighted by molar-refractivity contribution is -0.141. The number of nitrogens with one attached hydrogen (secondary N) is 1. The Morgan fingerprint density at radius 1 is 1.06 bits per heavy atom. The highest BCUT2D eigenvalue weighted by Gasteiger charge is 2.31. The number of likely N-dealkylation sites (N-methyl/N-ethyl adjacent to an activating group) is 2. The van der Waals surface area contributed by atoms with Crippen LogP contribution >= 0.6 is 23.2 Å². The number of sulfonamides is 1. The van der Waals surface area contributed by atoms with Crippen molar-refractivity contribution in [1.82, 2.24) is 14.5 Å². The van der Waals surface area contributed by atoms with Gasteiger partial charge < -0.3 is 10.2 Å². The largest absolute Gasteiger partial charge is 0.357 e. The van der Waals surface area contributed by atoms with Gasteiger partial charge in [0.15, 0.2) is 0 Å². The number of amides is 2. The minimum atomic E-state index is -3.92. The second kappa shape index (κ2) is 10.9. The van der Waals surface area contributed by atoms with Crippen LogP contribution in [0.3, 0.4) is 0 Å². The first kappa shape index (κ1) is 25.1. The van der Waals surface area contributed by atoms with E-state index in [2.05, 4.69) is 5.32 Å². The molecule has 0 aliphatic rings. The molecule has 7 nitrogen and oxygen atoms in total. The van der Waals surface area contributed by atoms with Crippen LogP contribution in [0.2, 0.25) is 10.0 Å². The molecule has 2 aromatic carbocycles. The second-order valence-electron chi connectivity index (χ2n) is 6.87. The van der Waals surface area contributed by atoms with Crippen LogP contribution in [0.5, 0.6) is 0 Å². The Kier molecular flexibility index (Phi) is 8.88. The number of benzene rings is 2. The first-order valence-electron chi connectivity index (χ1n) is 9.58. The predicted molar refractivity (Wildman–Crippen MR) is 121 cm³/mol. The molecule has 0 fully saturated rings. The first-order valence-corrected chi connectivity index (χ1v) is 11.8. The molecule has 0 saturated heterocycles. The fourth-order valence-electron chi connectivity index (χ4n) is 3.05. The molecule has 2 rings (SSSR count). The number of halogens is 2. The first-order chi connectivity index (χ1) is 14.6. The topological polar surface area (TPSA) is 86.8 Å². The van der Waals surface area contributed by atoms with Gasteiger partial charge in [0, 0.05) is 30.7 Å². The zero-order chi connectivity index (χ0) is 23.2. The van der Waals surface area contributed by atoms with Gasteiger partial charge in [-0.3, -0.25) is 9.59 Å². The van der Waals surface area contributed by atoms with Crippen LogP contribution in [-0.4, -0.2) is 56.1 Å². The molecular weight excluding hydrogens is 461 g/mol. The number of carbonyl (C=O) groups is 2. The SMILES string of the molecule is CC[C@@H](C(=O)NC)N(Cc1ccccc1Cl)C(=O)CN(C)S(=O)(=O)c1ccc(Cl)cc1. The monoisotopic (exact) mass is 485 g/mol. The summed E-state index contributed by atoms with van der Waals surface area (Å²) in [7, 11) is -1.12. The standard InChI is InChI=1S/C21H25Cl2N3O4S/c1-4-19(21(28)24-2)26(13-15-7-5-6-8-18(15)23)20(27)14-25(3)31(29,30)17-11-9-16(22)10-12-17/h5-12,19H,4,13-14H2,1-3H3,(H,24,28)/t19-/m0/s1. The van der Waals surface area contributed by atoms with Crippen LogP contribution in [0.15, 0.2) is 53.4 Å². The summed E-state index contributed by atoms with van der Waals surface area (Å²) < 4.78 is 26.7. The quantitative estimate of drug-likeness (QED) is 0.590. The molecule has 1 N–H and O–H groups in total. The lowest BCUT2D eigenvalue weighted by Crippen LogP contribution is -2.51. The molecule has 1 atom stereocenters. The second-order valence-corrected chi connectivity index (χ2v) is 9.75. The molecule has 0 aliphatic carbocycles. The maximum atomic E-state index is 13.2. The summed E-state index contributed by atoms with van der Waals surface area (Å²) in [6.07, 6.45) is 0.351. The van der Waals surface area contributed by atoms with Gasteiger partial charge in [-0.05, 0) is 42.3 Å². The zero-order valence-electron chi connectivity index (χ0n) is 17.5. The molecule has 168 valence electrons. The summed E-state index contributed by atoms with van der Waals surface area (Å²) in [6.45, 7) is 1.41. The van der Waals surface area contributed by atoms with E-state index in [9.17, 15) is 18.0 Å². The molecule has 0 radical (unpaired) electrons. The average molecular weight is 486 g/mol. The van der Waals surface area contributed by atoms with Gasteiger partial charge in [0.25, 0.3) is 0 Å². The Balaban J connectivity index is 2.32. The fraction of sp³-hybridized carbons (Fsp3) is 0.333. The molecule has 0 heterocycles. The summed E-state index contributed by atoms with van der Waals surface area (Å²) >= 11 is 12.1. The highest BCUT2D eigenvalue weighted by atomic mass is 35.5. The van der Waals surface area contributed by atoms with Crippen LogP contribution in [0, 0.1) is 0 Å². The van der Waals surface area contributed by atoms with Crippen molar-refractivity contribution in [2.45, 2.75) is 30.8 Å². The van der Waals surface area contributed by atoms with Crippen LogP contribution in [-0.2, 0) is 26.2 Å². The number of rotatable bonds is 9. The molecule has 2 amide bonds. The normalized spacial score (nSPS) is 12.5. The highest BCUT2D eigenvalue weighted by molar-refractivity contribution is 7.89. The molecule has 0 spiro atoms. The Morgan fingerprint density at radius 3 is 2.23 bits per heavy atom. The van der Waals surface area contributed by atoms with Gasteiger partial charge in [0.1, 0.15) is 6.04 Å². The Morgan fingerprint density at radius 2 is 1.68 bits per heavy atom. The van der Waals surface area contributed by atoms with Crippen LogP contribution in [0.4, 0.5) is 0 Å². The van der Waals surface area contributed by atoms with Crippen molar-refractivity contribution in [1.29, 1.82) is 0 Å². The number of carbonyl (C=O) groups excluding carboxylic acids is 2. The van der Waals surface area contributed by atoms with Gasteiger partial charge in [-0.2, -0.15) is 4.31 Å². The number of hydrogen-bond acceptors (Lipinski definition) is 4. The van der Waals surface area contributed by atoms with E-state index in [4.69, 9.17) is 23.2 Å². The third kappa shape index (κ3) is 6.20. The smallest absolute Gasteiger partial charge is 0.243 e. The lowest BCUT2D eigenvalue weighted by Gasteiger charge is -2.31. The fourth-order valence-corrected chi connectivity index (χ4v) is 4.49. The van der Waals surface area contributed by atoms with Crippen LogP contribution in [0.1, 0.15) is 18.9 Å². The van der Waals surface area contributed by atoms with Crippen LogP contribution < -0.4 is 5.32 Å². The average Bonchev–Trinajstić information content (AvgIpc) is 2.74. The summed E-state index contributed by atoms with van der Waals surface area (Å²) in [5.74, 6) is -0.860. The van der Waals surface area contributed by atoms with Crippen LogP contribution in [0.25, 0.3) is 0 Å². The van der Waals surface area contributed by atoms with E-state index in [1.54, 1.807) is 31.2 Å². The Labute approximate surface area is 193 Å². The molecule has 0 aromatic heterocycles. The Hall–Kier alpha value is -2.13. The van der Waals surface area contributed by atoms with E-state index in [1.165, 1.54) is 43.3 Å². The van der Waals surface area contributed by atoms with E-state index in [1.807, 2.05) is 0 Å². The molecule has 31 heavy (non-hydrogen) atoms. The molecule has 0 saturated carbocycles. The van der Waals surface area contributed by atoms with E-state index < -0.39 is 28.5 Å². The molecular formula is C21H25Cl2N3O4S. The Bertz CT molecular complexity index is 1030. The molecule has 0 unspecified atom stereocenters. The highest BCUT2D eigenvalue weighted by Crippen LogP contribution is 2.21. The summed E-state index contributed by atoms with van der Waals surface area (Å²) in [5.41, 5.74) is 0.656. The van der Waals surface area contributed by atoms with E-state index in [-0.39, 0.29) is 17.3 Å². The van der Waals surface area contributed by atoms with Gasteiger partial charge >= 0.3 is 0 Å². The lowest BCUT2D eigenvalue weighted by atomic mass is 10.1.